The van der Waals surface area contributed by atoms with E-state index in [0.29, 0.717) is 6.54 Å². The summed E-state index contributed by atoms with van der Waals surface area (Å²) in [5.74, 6) is 1.07. The monoisotopic (exact) mass is 547 g/mol. The third kappa shape index (κ3) is 5.08. The van der Waals surface area contributed by atoms with Gasteiger partial charge >= 0.3 is 10.1 Å². The van der Waals surface area contributed by atoms with Gasteiger partial charge in [-0.15, -0.1) is 0 Å². The number of nitrogens with zero attached hydrogens (tertiary/aromatic N) is 2. The van der Waals surface area contributed by atoms with Crippen molar-refractivity contribution in [2.24, 2.45) is 0 Å². The highest BCUT2D eigenvalue weighted by Crippen LogP contribution is 2.32. The standard InChI is InChI=1S/C27H22BrN3O3S/c1-19-7-14-24(15-8-19)35(32,33)34-23-12-9-21(10-13-23)26-27(29-17-20-5-3-2-4-6-20)31-18-22(28)11-16-25(31)30-26/h2-16,18,29H,17H2,1H3. The number of hydrogen-bond donors (Lipinski definition) is 1. The quantitative estimate of drug-likeness (QED) is 0.237. The Bertz CT molecular complexity index is 1580. The molecule has 5 rings (SSSR count). The molecule has 0 amide bonds. The van der Waals surface area contributed by atoms with Crippen molar-refractivity contribution in [1.82, 2.24) is 9.38 Å². The first-order valence-corrected chi connectivity index (χ1v) is 13.2. The number of hydrogen-bond acceptors (Lipinski definition) is 5. The molecule has 0 saturated heterocycles. The van der Waals surface area contributed by atoms with Gasteiger partial charge in [-0.05, 0) is 76.9 Å². The van der Waals surface area contributed by atoms with E-state index in [0.717, 1.165) is 38.3 Å². The molecular formula is C27H22BrN3O3S. The Morgan fingerprint density at radius 3 is 2.34 bits per heavy atom. The second-order valence-electron chi connectivity index (χ2n) is 8.10. The molecule has 0 aliphatic heterocycles. The van der Waals surface area contributed by atoms with E-state index in [2.05, 4.69) is 33.4 Å². The highest BCUT2D eigenvalue weighted by Gasteiger charge is 2.18. The van der Waals surface area contributed by atoms with Gasteiger partial charge in [-0.1, -0.05) is 48.0 Å². The molecule has 6 nitrogen and oxygen atoms in total. The minimum Gasteiger partial charge on any atom is -0.379 e. The second kappa shape index (κ2) is 9.56. The van der Waals surface area contributed by atoms with Crippen molar-refractivity contribution in [2.75, 3.05) is 5.32 Å². The number of benzene rings is 3. The van der Waals surface area contributed by atoms with Crippen molar-refractivity contribution in [3.8, 4) is 17.0 Å². The second-order valence-corrected chi connectivity index (χ2v) is 10.6. The third-order valence-corrected chi connectivity index (χ3v) is 7.26. The summed E-state index contributed by atoms with van der Waals surface area (Å²) < 4.78 is 33.6. The lowest BCUT2D eigenvalue weighted by molar-refractivity contribution is 0.486. The number of rotatable bonds is 7. The van der Waals surface area contributed by atoms with Gasteiger partial charge in [-0.2, -0.15) is 8.42 Å². The minimum atomic E-state index is -3.92. The van der Waals surface area contributed by atoms with Crippen molar-refractivity contribution in [2.45, 2.75) is 18.4 Å². The maximum atomic E-state index is 12.6. The number of pyridine rings is 1. The summed E-state index contributed by atoms with van der Waals surface area (Å²) in [5.41, 5.74) is 4.51. The van der Waals surface area contributed by atoms with Crippen LogP contribution in [0.3, 0.4) is 0 Å². The fourth-order valence-electron chi connectivity index (χ4n) is 3.72. The number of aromatic nitrogens is 2. The molecule has 0 unspecified atom stereocenters. The normalized spacial score (nSPS) is 11.5. The molecular weight excluding hydrogens is 526 g/mol. The summed E-state index contributed by atoms with van der Waals surface area (Å²) in [7, 11) is -3.92. The summed E-state index contributed by atoms with van der Waals surface area (Å²) in [6, 6.07) is 27.5. The molecule has 2 heterocycles. The summed E-state index contributed by atoms with van der Waals surface area (Å²) in [6.45, 7) is 2.53. The predicted octanol–water partition coefficient (Wildman–Crippen LogP) is 6.45. The molecule has 0 radical (unpaired) electrons. The van der Waals surface area contributed by atoms with Gasteiger partial charge in [-0.3, -0.25) is 4.40 Å². The van der Waals surface area contributed by atoms with Gasteiger partial charge in [0.1, 0.15) is 27.8 Å². The molecule has 5 aromatic rings. The lowest BCUT2D eigenvalue weighted by atomic mass is 10.1. The maximum absolute atomic E-state index is 12.6. The van der Waals surface area contributed by atoms with Crippen molar-refractivity contribution < 1.29 is 12.6 Å². The van der Waals surface area contributed by atoms with Crippen LogP contribution in [0.5, 0.6) is 5.75 Å². The smallest absolute Gasteiger partial charge is 0.339 e. The fraction of sp³-hybridized carbons (Fsp3) is 0.0741. The largest absolute Gasteiger partial charge is 0.379 e. The van der Waals surface area contributed by atoms with E-state index in [9.17, 15) is 8.42 Å². The SMILES string of the molecule is Cc1ccc(S(=O)(=O)Oc2ccc(-c3nc4ccc(Br)cn4c3NCc3ccccc3)cc2)cc1. The molecule has 2 aromatic heterocycles. The average Bonchev–Trinajstić information content (AvgIpc) is 3.21. The van der Waals surface area contributed by atoms with Crippen LogP contribution in [0.1, 0.15) is 11.1 Å². The molecule has 0 saturated carbocycles. The first kappa shape index (κ1) is 23.1. The highest BCUT2D eigenvalue weighted by atomic mass is 79.9. The number of fused-ring (bicyclic) bond motifs is 1. The lowest BCUT2D eigenvalue weighted by Gasteiger charge is -2.10. The molecule has 0 bridgehead atoms. The molecule has 35 heavy (non-hydrogen) atoms. The Morgan fingerprint density at radius 1 is 0.914 bits per heavy atom. The molecule has 0 aliphatic rings. The van der Waals surface area contributed by atoms with E-state index in [-0.39, 0.29) is 10.6 Å². The van der Waals surface area contributed by atoms with Crippen LogP contribution in [0.2, 0.25) is 0 Å². The van der Waals surface area contributed by atoms with E-state index in [4.69, 9.17) is 9.17 Å². The van der Waals surface area contributed by atoms with Crippen molar-refractivity contribution in [1.29, 1.82) is 0 Å². The molecule has 0 fully saturated rings. The molecule has 176 valence electrons. The van der Waals surface area contributed by atoms with Gasteiger partial charge in [-0.25, -0.2) is 4.98 Å². The molecule has 0 atom stereocenters. The first-order valence-electron chi connectivity index (χ1n) is 11.0. The van der Waals surface area contributed by atoms with Crippen LogP contribution in [-0.2, 0) is 16.7 Å². The Morgan fingerprint density at radius 2 is 1.63 bits per heavy atom. The van der Waals surface area contributed by atoms with Crippen molar-refractivity contribution in [3.05, 3.63) is 113 Å². The minimum absolute atomic E-state index is 0.116. The van der Waals surface area contributed by atoms with Crippen LogP contribution in [0, 0.1) is 6.92 Å². The Hall–Kier alpha value is -3.62. The van der Waals surface area contributed by atoms with Gasteiger partial charge in [0.15, 0.2) is 0 Å². The van der Waals surface area contributed by atoms with Gasteiger partial charge < -0.3 is 9.50 Å². The summed E-state index contributed by atoms with van der Waals surface area (Å²) in [6.07, 6.45) is 1.96. The van der Waals surface area contributed by atoms with Crippen LogP contribution < -0.4 is 9.50 Å². The van der Waals surface area contributed by atoms with Crippen LogP contribution in [0.15, 0.2) is 107 Å². The zero-order valence-corrected chi connectivity index (χ0v) is 21.3. The molecule has 1 N–H and O–H groups in total. The lowest BCUT2D eigenvalue weighted by Crippen LogP contribution is -2.09. The van der Waals surface area contributed by atoms with Gasteiger partial charge in [0.2, 0.25) is 0 Å². The zero-order chi connectivity index (χ0) is 24.4. The van der Waals surface area contributed by atoms with E-state index < -0.39 is 10.1 Å². The predicted molar refractivity (Wildman–Crippen MR) is 141 cm³/mol. The first-order chi connectivity index (χ1) is 16.9. The fourth-order valence-corrected chi connectivity index (χ4v) is 4.99. The number of anilines is 1. The molecule has 3 aromatic carbocycles. The van der Waals surface area contributed by atoms with Crippen LogP contribution in [0.25, 0.3) is 16.9 Å². The number of aryl methyl sites for hydroxylation is 1. The van der Waals surface area contributed by atoms with Crippen molar-refractivity contribution >= 4 is 37.5 Å². The Kier molecular flexibility index (Phi) is 6.32. The Labute approximate surface area is 212 Å². The van der Waals surface area contributed by atoms with Gasteiger partial charge in [0.05, 0.1) is 0 Å². The van der Waals surface area contributed by atoms with Crippen LogP contribution in [0.4, 0.5) is 5.82 Å². The van der Waals surface area contributed by atoms with Gasteiger partial charge in [0, 0.05) is 22.8 Å². The zero-order valence-electron chi connectivity index (χ0n) is 18.9. The van der Waals surface area contributed by atoms with Crippen molar-refractivity contribution in [3.63, 3.8) is 0 Å². The summed E-state index contributed by atoms with van der Waals surface area (Å²) >= 11 is 3.54. The van der Waals surface area contributed by atoms with Crippen LogP contribution >= 0.6 is 15.9 Å². The summed E-state index contributed by atoms with van der Waals surface area (Å²) in [4.78, 5) is 4.93. The molecule has 0 spiro atoms. The Balaban J connectivity index is 1.45. The third-order valence-electron chi connectivity index (χ3n) is 5.53. The summed E-state index contributed by atoms with van der Waals surface area (Å²) in [5, 5.41) is 3.51. The van der Waals surface area contributed by atoms with E-state index in [1.807, 2.05) is 60.0 Å². The highest BCUT2D eigenvalue weighted by molar-refractivity contribution is 9.10. The van der Waals surface area contributed by atoms with Crippen LogP contribution in [-0.4, -0.2) is 17.8 Å². The maximum Gasteiger partial charge on any atom is 0.339 e. The topological polar surface area (TPSA) is 72.7 Å². The van der Waals surface area contributed by atoms with Gasteiger partial charge in [0.25, 0.3) is 0 Å². The number of halogens is 1. The molecule has 8 heteroatoms. The van der Waals surface area contributed by atoms with E-state index in [1.165, 1.54) is 0 Å². The average molecular weight is 548 g/mol. The number of imidazole rings is 1. The van der Waals surface area contributed by atoms with E-state index >= 15 is 0 Å². The molecule has 0 aliphatic carbocycles. The van der Waals surface area contributed by atoms with E-state index in [1.54, 1.807) is 36.4 Å². The number of nitrogens with one attached hydrogen (secondary N) is 1.